The highest BCUT2D eigenvalue weighted by Gasteiger charge is 2.24. The van der Waals surface area contributed by atoms with Gasteiger partial charge in [-0.15, -0.1) is 11.3 Å². The van der Waals surface area contributed by atoms with E-state index in [2.05, 4.69) is 27.3 Å². The van der Waals surface area contributed by atoms with E-state index in [0.717, 1.165) is 30.6 Å². The SMILES string of the molecule is CCn1nc([C@@H](C)C(=O)Nc2nc3c(s2)CN(C)CC3)c2ccccc2c1=O. The lowest BCUT2D eigenvalue weighted by Crippen LogP contribution is -2.27. The zero-order chi connectivity index (χ0) is 19.8. The van der Waals surface area contributed by atoms with Gasteiger partial charge in [-0.25, -0.2) is 9.67 Å². The zero-order valence-corrected chi connectivity index (χ0v) is 17.0. The normalized spacial score (nSPS) is 15.4. The Morgan fingerprint density at radius 1 is 1.32 bits per heavy atom. The van der Waals surface area contributed by atoms with E-state index in [1.807, 2.05) is 32.0 Å². The number of hydrogen-bond acceptors (Lipinski definition) is 6. The van der Waals surface area contributed by atoms with Crippen molar-refractivity contribution in [1.29, 1.82) is 0 Å². The van der Waals surface area contributed by atoms with Gasteiger partial charge in [-0.05, 0) is 27.0 Å². The predicted octanol–water partition coefficient (Wildman–Crippen LogP) is 2.60. The van der Waals surface area contributed by atoms with E-state index >= 15 is 0 Å². The van der Waals surface area contributed by atoms with Gasteiger partial charge in [0, 0.05) is 36.3 Å². The molecule has 1 aromatic carbocycles. The molecule has 0 radical (unpaired) electrons. The number of fused-ring (bicyclic) bond motifs is 2. The summed E-state index contributed by atoms with van der Waals surface area (Å²) < 4.78 is 1.42. The molecule has 146 valence electrons. The van der Waals surface area contributed by atoms with Gasteiger partial charge in [-0.1, -0.05) is 18.2 Å². The van der Waals surface area contributed by atoms with Crippen LogP contribution in [0.4, 0.5) is 5.13 Å². The van der Waals surface area contributed by atoms with Crippen LogP contribution in [-0.2, 0) is 24.3 Å². The molecule has 3 heterocycles. The van der Waals surface area contributed by atoms with E-state index in [4.69, 9.17) is 0 Å². The van der Waals surface area contributed by atoms with Gasteiger partial charge in [0.05, 0.1) is 22.7 Å². The van der Waals surface area contributed by atoms with Crippen LogP contribution in [-0.4, -0.2) is 39.2 Å². The molecule has 7 nitrogen and oxygen atoms in total. The molecular weight excluding hydrogens is 374 g/mol. The highest BCUT2D eigenvalue weighted by Crippen LogP contribution is 2.29. The third-order valence-electron chi connectivity index (χ3n) is 5.15. The van der Waals surface area contributed by atoms with Gasteiger partial charge < -0.3 is 10.2 Å². The second kappa shape index (κ2) is 7.44. The van der Waals surface area contributed by atoms with Gasteiger partial charge >= 0.3 is 0 Å². The number of likely N-dealkylation sites (N-methyl/N-ethyl adjacent to an activating group) is 1. The number of nitrogens with one attached hydrogen (secondary N) is 1. The average molecular weight is 398 g/mol. The number of carbonyl (C=O) groups excluding carboxylic acids is 1. The maximum absolute atomic E-state index is 12.9. The summed E-state index contributed by atoms with van der Waals surface area (Å²) >= 11 is 1.53. The molecule has 0 fully saturated rings. The zero-order valence-electron chi connectivity index (χ0n) is 16.2. The fraction of sp³-hybridized carbons (Fsp3) is 0.400. The van der Waals surface area contributed by atoms with Crippen molar-refractivity contribution in [3.63, 3.8) is 0 Å². The number of carbonyl (C=O) groups is 1. The summed E-state index contributed by atoms with van der Waals surface area (Å²) in [6, 6.07) is 7.32. The minimum Gasteiger partial charge on any atom is -0.301 e. The van der Waals surface area contributed by atoms with Crippen LogP contribution in [0, 0.1) is 0 Å². The van der Waals surface area contributed by atoms with Crippen molar-refractivity contribution in [2.75, 3.05) is 18.9 Å². The smallest absolute Gasteiger partial charge is 0.274 e. The largest absolute Gasteiger partial charge is 0.301 e. The van der Waals surface area contributed by atoms with E-state index in [1.165, 1.54) is 20.9 Å². The molecule has 0 unspecified atom stereocenters. The van der Waals surface area contributed by atoms with E-state index in [0.29, 0.717) is 22.8 Å². The fourth-order valence-corrected chi connectivity index (χ4v) is 4.60. The maximum atomic E-state index is 12.9. The number of thiazole rings is 1. The number of aromatic nitrogens is 3. The van der Waals surface area contributed by atoms with Crippen LogP contribution in [0.25, 0.3) is 10.8 Å². The first kappa shape index (κ1) is 18.8. The van der Waals surface area contributed by atoms with Crippen molar-refractivity contribution in [3.05, 3.63) is 50.9 Å². The Morgan fingerprint density at radius 2 is 2.07 bits per heavy atom. The van der Waals surface area contributed by atoms with Crippen molar-refractivity contribution in [3.8, 4) is 0 Å². The third kappa shape index (κ3) is 3.33. The Kier molecular flexibility index (Phi) is 4.99. The molecule has 28 heavy (non-hydrogen) atoms. The standard InChI is InChI=1S/C20H23N5O2S/c1-4-25-19(27)14-8-6-5-7-13(14)17(23-25)12(2)18(26)22-20-21-15-9-10-24(3)11-16(15)28-20/h5-8,12H,4,9-11H2,1-3H3,(H,21,22,26)/t12-/m1/s1. The third-order valence-corrected chi connectivity index (χ3v) is 6.15. The molecule has 1 amide bonds. The molecule has 1 aliphatic rings. The second-order valence-electron chi connectivity index (χ2n) is 7.14. The van der Waals surface area contributed by atoms with Gasteiger partial charge in [0.25, 0.3) is 5.56 Å². The Balaban J connectivity index is 1.64. The summed E-state index contributed by atoms with van der Waals surface area (Å²) in [5.74, 6) is -0.676. The molecule has 3 aromatic rings. The lowest BCUT2D eigenvalue weighted by atomic mass is 10.0. The second-order valence-corrected chi connectivity index (χ2v) is 8.22. The van der Waals surface area contributed by atoms with Gasteiger partial charge in [-0.3, -0.25) is 9.59 Å². The number of hydrogen-bond donors (Lipinski definition) is 1. The van der Waals surface area contributed by atoms with Crippen LogP contribution < -0.4 is 10.9 Å². The summed E-state index contributed by atoms with van der Waals surface area (Å²) in [6.45, 7) is 5.99. The van der Waals surface area contributed by atoms with E-state index in [9.17, 15) is 9.59 Å². The van der Waals surface area contributed by atoms with Crippen LogP contribution in [0.3, 0.4) is 0 Å². The highest BCUT2D eigenvalue weighted by atomic mass is 32.1. The molecule has 0 spiro atoms. The van der Waals surface area contributed by atoms with Gasteiger partial charge in [0.2, 0.25) is 5.91 Å². The topological polar surface area (TPSA) is 80.1 Å². The Labute approximate surface area is 167 Å². The minimum absolute atomic E-state index is 0.133. The molecule has 0 aliphatic carbocycles. The van der Waals surface area contributed by atoms with E-state index < -0.39 is 5.92 Å². The fourth-order valence-electron chi connectivity index (χ4n) is 3.51. The Morgan fingerprint density at radius 3 is 2.82 bits per heavy atom. The number of benzene rings is 1. The number of nitrogens with zero attached hydrogens (tertiary/aromatic N) is 4. The Bertz CT molecular complexity index is 1100. The minimum atomic E-state index is -0.507. The molecular formula is C20H23N5O2S. The monoisotopic (exact) mass is 397 g/mol. The number of anilines is 1. The first-order chi connectivity index (χ1) is 13.5. The molecule has 1 aliphatic heterocycles. The van der Waals surface area contributed by atoms with Crippen LogP contribution >= 0.6 is 11.3 Å². The maximum Gasteiger partial charge on any atom is 0.274 e. The molecule has 4 rings (SSSR count). The number of amides is 1. The Hall–Kier alpha value is -2.58. The first-order valence-corrected chi connectivity index (χ1v) is 10.3. The summed E-state index contributed by atoms with van der Waals surface area (Å²) in [6.07, 6.45) is 0.904. The van der Waals surface area contributed by atoms with Gasteiger partial charge in [-0.2, -0.15) is 5.10 Å². The predicted molar refractivity (Wildman–Crippen MR) is 111 cm³/mol. The van der Waals surface area contributed by atoms with Crippen molar-refractivity contribution in [2.24, 2.45) is 0 Å². The average Bonchev–Trinajstić information content (AvgIpc) is 3.09. The van der Waals surface area contributed by atoms with E-state index in [1.54, 1.807) is 6.07 Å². The summed E-state index contributed by atoms with van der Waals surface area (Å²) in [5.41, 5.74) is 1.55. The van der Waals surface area contributed by atoms with E-state index in [-0.39, 0.29) is 11.5 Å². The van der Waals surface area contributed by atoms with Crippen LogP contribution in [0.5, 0.6) is 0 Å². The van der Waals surface area contributed by atoms with Crippen molar-refractivity contribution in [1.82, 2.24) is 19.7 Å². The van der Waals surface area contributed by atoms with Gasteiger partial charge in [0.1, 0.15) is 0 Å². The number of aryl methyl sites for hydroxylation is 1. The molecule has 2 aromatic heterocycles. The van der Waals surface area contributed by atoms with Crippen LogP contribution in [0.1, 0.15) is 36.0 Å². The lowest BCUT2D eigenvalue weighted by molar-refractivity contribution is -0.117. The highest BCUT2D eigenvalue weighted by molar-refractivity contribution is 7.15. The molecule has 0 saturated carbocycles. The molecule has 1 N–H and O–H groups in total. The van der Waals surface area contributed by atoms with Gasteiger partial charge in [0.15, 0.2) is 5.13 Å². The number of rotatable bonds is 4. The van der Waals surface area contributed by atoms with Crippen LogP contribution in [0.2, 0.25) is 0 Å². The van der Waals surface area contributed by atoms with Crippen molar-refractivity contribution in [2.45, 2.75) is 39.3 Å². The summed E-state index contributed by atoms with van der Waals surface area (Å²) in [5, 5.41) is 9.36. The molecule has 0 saturated heterocycles. The first-order valence-electron chi connectivity index (χ1n) is 9.45. The quantitative estimate of drug-likeness (QED) is 0.732. The van der Waals surface area contributed by atoms with Crippen LogP contribution in [0.15, 0.2) is 29.1 Å². The molecule has 8 heteroatoms. The summed E-state index contributed by atoms with van der Waals surface area (Å²) in [4.78, 5) is 33.5. The lowest BCUT2D eigenvalue weighted by Gasteiger charge is -2.20. The molecule has 0 bridgehead atoms. The van der Waals surface area contributed by atoms with Crippen molar-refractivity contribution >= 4 is 33.1 Å². The summed E-state index contributed by atoms with van der Waals surface area (Å²) in [7, 11) is 2.09. The molecule has 1 atom stereocenters. The van der Waals surface area contributed by atoms with Crippen molar-refractivity contribution < 1.29 is 4.79 Å².